The van der Waals surface area contributed by atoms with Crippen LogP contribution in [0.25, 0.3) is 0 Å². The van der Waals surface area contributed by atoms with Gasteiger partial charge in [0, 0.05) is 0 Å². The van der Waals surface area contributed by atoms with Crippen molar-refractivity contribution >= 4 is 25.5 Å². The van der Waals surface area contributed by atoms with Crippen LogP contribution in [-0.4, -0.2) is 36.0 Å². The van der Waals surface area contributed by atoms with Crippen molar-refractivity contribution in [3.8, 4) is 0 Å². The monoisotopic (exact) mass is 202 g/mol. The summed E-state index contributed by atoms with van der Waals surface area (Å²) in [7, 11) is -5.58. The zero-order valence-corrected chi connectivity index (χ0v) is 7.70. The summed E-state index contributed by atoms with van der Waals surface area (Å²) in [6.45, 7) is 0. The van der Waals surface area contributed by atoms with Crippen LogP contribution in [0.1, 0.15) is 0 Å². The maximum Gasteiger partial charge on any atom is 0.213 e. The summed E-state index contributed by atoms with van der Waals surface area (Å²) in [4.78, 5) is 0. The van der Waals surface area contributed by atoms with Gasteiger partial charge < -0.3 is 4.55 Å². The Kier molecular flexibility index (Phi) is 3.45. The van der Waals surface area contributed by atoms with Crippen LogP contribution in [0, 0.1) is 0 Å². The number of rotatable bonds is 3. The number of nitrogens with one attached hydrogen (secondary N) is 2. The minimum absolute atomic E-state index is 0.586. The summed E-state index contributed by atoms with van der Waals surface area (Å²) in [5, 5.41) is 0. The van der Waals surface area contributed by atoms with Crippen molar-refractivity contribution in [2.24, 2.45) is 0 Å². The van der Waals surface area contributed by atoms with E-state index < -0.39 is 20.0 Å². The van der Waals surface area contributed by atoms with Gasteiger partial charge in [-0.05, 0) is 7.05 Å². The molecule has 0 aliphatic heterocycles. The van der Waals surface area contributed by atoms with Crippen LogP contribution in [0.15, 0.2) is 0 Å². The fraction of sp³-hybridized carbons (Fsp3) is 0.667. The van der Waals surface area contributed by atoms with Crippen molar-refractivity contribution in [2.45, 2.75) is 0 Å². The molecule has 6 nitrogen and oxygen atoms in total. The van der Waals surface area contributed by atoms with Gasteiger partial charge in [-0.25, -0.2) is 17.3 Å². The highest BCUT2D eigenvalue weighted by molar-refractivity contribution is 7.96. The van der Waals surface area contributed by atoms with Gasteiger partial charge in [0.15, 0.2) is 9.99 Å². The fourth-order valence-corrected chi connectivity index (χ4v) is 1.55. The molecule has 68 valence electrons. The lowest BCUT2D eigenvalue weighted by molar-refractivity contribution is 0.550. The van der Waals surface area contributed by atoms with Gasteiger partial charge in [-0.15, -0.1) is 0 Å². The van der Waals surface area contributed by atoms with Crippen molar-refractivity contribution < 1.29 is 17.2 Å². The molecule has 0 aromatic heterocycles. The van der Waals surface area contributed by atoms with E-state index in [1.54, 1.807) is 4.72 Å². The van der Waals surface area contributed by atoms with E-state index in [1.807, 2.05) is 4.72 Å². The molecule has 8 heteroatoms. The average Bonchev–Trinajstić information content (AvgIpc) is 1.83. The molecule has 0 aromatic carbocycles. The van der Waals surface area contributed by atoms with Gasteiger partial charge >= 0.3 is 0 Å². The van der Waals surface area contributed by atoms with Gasteiger partial charge in [-0.3, -0.25) is 0 Å². The van der Waals surface area contributed by atoms with Gasteiger partial charge in [0.2, 0.25) is 10.0 Å². The maximum atomic E-state index is 10.7. The first-order chi connectivity index (χ1) is 4.77. The van der Waals surface area contributed by atoms with Crippen LogP contribution in [0.2, 0.25) is 0 Å². The van der Waals surface area contributed by atoms with Crippen molar-refractivity contribution in [3.05, 3.63) is 0 Å². The zero-order chi connectivity index (χ0) is 9.12. The highest BCUT2D eigenvalue weighted by atomic mass is 32.2. The van der Waals surface area contributed by atoms with Crippen LogP contribution in [0.4, 0.5) is 0 Å². The minimum Gasteiger partial charge on any atom is -0.301 e. The molecular weight excluding hydrogens is 192 g/mol. The smallest absolute Gasteiger partial charge is 0.213 e. The van der Waals surface area contributed by atoms with Gasteiger partial charge in [-0.2, -0.15) is 4.72 Å². The fourth-order valence-electron chi connectivity index (χ4n) is 0.212. The zero-order valence-electron chi connectivity index (χ0n) is 6.07. The molecule has 0 fully saturated rings. The first-order valence-corrected chi connectivity index (χ1v) is 5.99. The molecule has 0 saturated heterocycles. The second kappa shape index (κ2) is 3.50. The number of hydrogen-bond donors (Lipinski definition) is 3. The van der Waals surface area contributed by atoms with Gasteiger partial charge in [0.1, 0.15) is 0 Å². The summed E-state index contributed by atoms with van der Waals surface area (Å²) < 4.78 is 43.9. The third-order valence-electron chi connectivity index (χ3n) is 0.714. The molecule has 1 unspecified atom stereocenters. The quantitative estimate of drug-likeness (QED) is 0.470. The van der Waals surface area contributed by atoms with Gasteiger partial charge in [-0.1, -0.05) is 0 Å². The van der Waals surface area contributed by atoms with Crippen LogP contribution < -0.4 is 9.44 Å². The highest BCUT2D eigenvalue weighted by Crippen LogP contribution is 1.73. The Hall–Kier alpha value is -0.150. The predicted octanol–water partition coefficient (Wildman–Crippen LogP) is -1.81. The lowest BCUT2D eigenvalue weighted by atomic mass is 11.6. The van der Waals surface area contributed by atoms with Gasteiger partial charge in [0.05, 0.1) is 11.7 Å². The van der Waals surface area contributed by atoms with Crippen LogP contribution in [0.5, 0.6) is 0 Å². The molecule has 1 atom stereocenters. The Morgan fingerprint density at radius 1 is 1.36 bits per heavy atom. The van der Waals surface area contributed by atoms with E-state index in [0.717, 1.165) is 6.26 Å². The Labute approximate surface area is 66.0 Å². The summed E-state index contributed by atoms with van der Waals surface area (Å²) in [5.74, 6) is 0. The van der Waals surface area contributed by atoms with Crippen molar-refractivity contribution in [2.75, 3.05) is 13.3 Å². The van der Waals surface area contributed by atoms with Crippen LogP contribution >= 0.6 is 0 Å². The van der Waals surface area contributed by atoms with Crippen molar-refractivity contribution in [1.29, 1.82) is 0 Å². The Morgan fingerprint density at radius 3 is 2.09 bits per heavy atom. The Morgan fingerprint density at radius 2 is 1.82 bits per heavy atom. The van der Waals surface area contributed by atoms with E-state index in [4.69, 9.17) is 4.55 Å². The second-order valence-electron chi connectivity index (χ2n) is 1.78. The Bertz CT molecular complexity index is 323. The number of hydrogen-bond acceptors (Lipinski definition) is 3. The molecule has 0 heterocycles. The lowest BCUT2D eigenvalue weighted by Gasteiger charge is -1.99. The molecule has 0 spiro atoms. The first-order valence-electron chi connectivity index (χ1n) is 2.52. The SMILES string of the molecule is CNS(=O)(O)=CNS(C)(=O)=O. The number of sulfonamides is 1. The van der Waals surface area contributed by atoms with E-state index >= 15 is 0 Å². The van der Waals surface area contributed by atoms with E-state index in [2.05, 4.69) is 0 Å². The van der Waals surface area contributed by atoms with E-state index in [-0.39, 0.29) is 0 Å². The Balaban J connectivity index is 4.51. The van der Waals surface area contributed by atoms with E-state index in [0.29, 0.717) is 5.49 Å². The average molecular weight is 202 g/mol. The highest BCUT2D eigenvalue weighted by Gasteiger charge is 2.00. The molecule has 11 heavy (non-hydrogen) atoms. The molecule has 0 amide bonds. The summed E-state index contributed by atoms with van der Waals surface area (Å²) in [6.07, 6.45) is 0.884. The molecule has 0 aromatic rings. The lowest BCUT2D eigenvalue weighted by Crippen LogP contribution is -2.29. The predicted molar refractivity (Wildman–Crippen MR) is 43.9 cm³/mol. The van der Waals surface area contributed by atoms with Crippen molar-refractivity contribution in [3.63, 3.8) is 0 Å². The van der Waals surface area contributed by atoms with Crippen LogP contribution in [0.3, 0.4) is 0 Å². The molecule has 0 rings (SSSR count). The van der Waals surface area contributed by atoms with Crippen molar-refractivity contribution in [1.82, 2.24) is 9.44 Å². The van der Waals surface area contributed by atoms with Crippen LogP contribution in [-0.2, 0) is 20.0 Å². The molecule has 0 radical (unpaired) electrons. The third-order valence-corrected chi connectivity index (χ3v) is 2.43. The standard InChI is InChI=1S/C3H10N2O4S2/c1-4-11(8,9)3-5-10(2,6)7/h3,5H,1-2H3,(H2,4,8,9). The largest absolute Gasteiger partial charge is 0.301 e. The first kappa shape index (κ1) is 10.8. The molecule has 0 bridgehead atoms. The molecule has 0 saturated carbocycles. The molecule has 0 aliphatic carbocycles. The van der Waals surface area contributed by atoms with Gasteiger partial charge in [0.25, 0.3) is 0 Å². The normalized spacial score (nSPS) is 17.4. The van der Waals surface area contributed by atoms with E-state index in [9.17, 15) is 12.6 Å². The minimum atomic E-state index is -3.45. The maximum absolute atomic E-state index is 10.7. The summed E-state index contributed by atoms with van der Waals surface area (Å²) >= 11 is 0. The summed E-state index contributed by atoms with van der Waals surface area (Å²) in [6, 6.07) is 0. The van der Waals surface area contributed by atoms with E-state index in [1.165, 1.54) is 7.05 Å². The summed E-state index contributed by atoms with van der Waals surface area (Å²) in [5.41, 5.74) is 0.586. The molecule has 3 N–H and O–H groups in total. The molecule has 0 aliphatic rings. The third kappa shape index (κ3) is 6.26. The topological polar surface area (TPSA) is 95.5 Å². The second-order valence-corrected chi connectivity index (χ2v) is 5.34. The molecular formula is C3H10N2O4S2.